The van der Waals surface area contributed by atoms with E-state index in [0.717, 1.165) is 0 Å². The van der Waals surface area contributed by atoms with E-state index < -0.39 is 0 Å². The van der Waals surface area contributed by atoms with Gasteiger partial charge in [-0.3, -0.25) is 0 Å². The van der Waals surface area contributed by atoms with Crippen LogP contribution in [0.15, 0.2) is 48.5 Å². The number of rotatable bonds is 3. The van der Waals surface area contributed by atoms with Gasteiger partial charge in [0.2, 0.25) is 0 Å². The van der Waals surface area contributed by atoms with Gasteiger partial charge in [0.25, 0.3) is 0 Å². The maximum absolute atomic E-state index is 2.14. The third-order valence-electron chi connectivity index (χ3n) is 2.96. The van der Waals surface area contributed by atoms with Crippen molar-refractivity contribution >= 4 is 17.8 Å². The van der Waals surface area contributed by atoms with Crippen molar-refractivity contribution in [2.75, 3.05) is 19.0 Å². The fourth-order valence-electron chi connectivity index (χ4n) is 1.75. The van der Waals surface area contributed by atoms with E-state index >= 15 is 0 Å². The average molecular weight is 237 g/mol. The molecular weight excluding hydrogens is 218 g/mol. The van der Waals surface area contributed by atoms with Crippen LogP contribution in [0.3, 0.4) is 0 Å². The van der Waals surface area contributed by atoms with E-state index in [-0.39, 0.29) is 0 Å². The summed E-state index contributed by atoms with van der Waals surface area (Å²) in [6.07, 6.45) is 4.29. The van der Waals surface area contributed by atoms with Gasteiger partial charge in [0, 0.05) is 19.8 Å². The Morgan fingerprint density at radius 3 is 1.61 bits per heavy atom. The van der Waals surface area contributed by atoms with Crippen molar-refractivity contribution < 1.29 is 0 Å². The third-order valence-corrected chi connectivity index (χ3v) is 2.96. The highest BCUT2D eigenvalue weighted by Gasteiger charge is 1.93. The van der Waals surface area contributed by atoms with Gasteiger partial charge >= 0.3 is 0 Å². The first-order valence-corrected chi connectivity index (χ1v) is 6.17. The second-order valence-electron chi connectivity index (χ2n) is 4.73. The summed E-state index contributed by atoms with van der Waals surface area (Å²) in [5.41, 5.74) is 4.98. The zero-order valence-electron chi connectivity index (χ0n) is 11.2. The molecule has 0 amide bonds. The van der Waals surface area contributed by atoms with Gasteiger partial charge in [0.05, 0.1) is 0 Å². The predicted molar refractivity (Wildman–Crippen MR) is 80.9 cm³/mol. The van der Waals surface area contributed by atoms with E-state index in [1.165, 1.54) is 22.4 Å². The lowest BCUT2D eigenvalue weighted by molar-refractivity contribution is 1.13. The SMILES string of the molecule is Cc1ccc(/C=C/c2ccc(N(C)C)cc2)cc1. The van der Waals surface area contributed by atoms with Crippen molar-refractivity contribution in [3.8, 4) is 0 Å². The van der Waals surface area contributed by atoms with Crippen LogP contribution >= 0.6 is 0 Å². The first-order chi connectivity index (χ1) is 8.65. The van der Waals surface area contributed by atoms with Crippen molar-refractivity contribution in [3.63, 3.8) is 0 Å². The molecule has 0 bridgehead atoms. The van der Waals surface area contributed by atoms with Crippen molar-refractivity contribution in [2.24, 2.45) is 0 Å². The predicted octanol–water partition coefficient (Wildman–Crippen LogP) is 4.23. The molecule has 0 radical (unpaired) electrons. The first-order valence-electron chi connectivity index (χ1n) is 6.17. The van der Waals surface area contributed by atoms with Crippen LogP contribution in [0.25, 0.3) is 12.2 Å². The van der Waals surface area contributed by atoms with Crippen LogP contribution in [0.4, 0.5) is 5.69 Å². The van der Waals surface area contributed by atoms with E-state index in [2.05, 4.69) is 86.6 Å². The molecule has 0 fully saturated rings. The summed E-state index contributed by atoms with van der Waals surface area (Å²) >= 11 is 0. The molecule has 0 aliphatic carbocycles. The van der Waals surface area contributed by atoms with E-state index in [1.54, 1.807) is 0 Å². The molecule has 0 aliphatic heterocycles. The van der Waals surface area contributed by atoms with Crippen LogP contribution in [0.1, 0.15) is 16.7 Å². The lowest BCUT2D eigenvalue weighted by Crippen LogP contribution is -2.07. The molecule has 18 heavy (non-hydrogen) atoms. The minimum atomic E-state index is 1.22. The molecule has 92 valence electrons. The minimum absolute atomic E-state index is 1.22. The van der Waals surface area contributed by atoms with E-state index in [1.807, 2.05) is 0 Å². The quantitative estimate of drug-likeness (QED) is 0.722. The summed E-state index contributed by atoms with van der Waals surface area (Å²) in [6.45, 7) is 2.10. The molecule has 2 aromatic rings. The van der Waals surface area contributed by atoms with Crippen molar-refractivity contribution in [1.29, 1.82) is 0 Å². The number of benzene rings is 2. The van der Waals surface area contributed by atoms with Crippen LogP contribution in [0.5, 0.6) is 0 Å². The molecule has 0 heterocycles. The second-order valence-corrected chi connectivity index (χ2v) is 4.73. The molecule has 0 spiro atoms. The summed E-state index contributed by atoms with van der Waals surface area (Å²) in [5.74, 6) is 0. The van der Waals surface area contributed by atoms with Crippen LogP contribution in [-0.4, -0.2) is 14.1 Å². The van der Waals surface area contributed by atoms with Crippen LogP contribution in [0, 0.1) is 6.92 Å². The standard InChI is InChI=1S/C17H19N/c1-14-4-6-15(7-5-14)8-9-16-10-12-17(13-11-16)18(2)3/h4-13H,1-3H3/b9-8+. The molecule has 0 unspecified atom stereocenters. The molecule has 1 nitrogen and oxygen atoms in total. The molecule has 0 saturated carbocycles. The largest absolute Gasteiger partial charge is 0.378 e. The zero-order chi connectivity index (χ0) is 13.0. The molecule has 0 saturated heterocycles. The minimum Gasteiger partial charge on any atom is -0.378 e. The van der Waals surface area contributed by atoms with E-state index in [0.29, 0.717) is 0 Å². The van der Waals surface area contributed by atoms with E-state index in [9.17, 15) is 0 Å². The molecule has 0 aliphatic rings. The monoisotopic (exact) mass is 237 g/mol. The number of nitrogens with zero attached hydrogens (tertiary/aromatic N) is 1. The molecule has 2 aromatic carbocycles. The number of hydrogen-bond acceptors (Lipinski definition) is 1. The average Bonchev–Trinajstić information content (AvgIpc) is 2.38. The van der Waals surface area contributed by atoms with Gasteiger partial charge in [-0.25, -0.2) is 0 Å². The Hall–Kier alpha value is -2.02. The highest BCUT2D eigenvalue weighted by Crippen LogP contribution is 2.14. The molecular formula is C17H19N. The maximum Gasteiger partial charge on any atom is 0.0361 e. The fourth-order valence-corrected chi connectivity index (χ4v) is 1.75. The Labute approximate surface area is 109 Å². The maximum atomic E-state index is 2.14. The fraction of sp³-hybridized carbons (Fsp3) is 0.176. The number of anilines is 1. The lowest BCUT2D eigenvalue weighted by Gasteiger charge is -2.11. The summed E-state index contributed by atoms with van der Waals surface area (Å²) in [4.78, 5) is 2.10. The van der Waals surface area contributed by atoms with Gasteiger partial charge in [-0.05, 0) is 30.2 Å². The highest BCUT2D eigenvalue weighted by molar-refractivity contribution is 5.70. The Kier molecular flexibility index (Phi) is 3.83. The van der Waals surface area contributed by atoms with Crippen molar-refractivity contribution in [1.82, 2.24) is 0 Å². The molecule has 1 heteroatoms. The van der Waals surface area contributed by atoms with Gasteiger partial charge in [-0.1, -0.05) is 54.1 Å². The van der Waals surface area contributed by atoms with Crippen LogP contribution < -0.4 is 4.90 Å². The molecule has 0 N–H and O–H groups in total. The third kappa shape index (κ3) is 3.24. The molecule has 0 aromatic heterocycles. The number of aryl methyl sites for hydroxylation is 1. The summed E-state index contributed by atoms with van der Waals surface area (Å²) in [7, 11) is 4.11. The molecule has 2 rings (SSSR count). The zero-order valence-corrected chi connectivity index (χ0v) is 11.2. The van der Waals surface area contributed by atoms with Gasteiger partial charge in [0.1, 0.15) is 0 Å². The van der Waals surface area contributed by atoms with Crippen LogP contribution in [-0.2, 0) is 0 Å². The second kappa shape index (κ2) is 5.54. The normalized spacial score (nSPS) is 10.8. The smallest absolute Gasteiger partial charge is 0.0361 e. The van der Waals surface area contributed by atoms with Gasteiger partial charge in [0.15, 0.2) is 0 Å². The van der Waals surface area contributed by atoms with Gasteiger partial charge < -0.3 is 4.90 Å². The Morgan fingerprint density at radius 2 is 1.17 bits per heavy atom. The Morgan fingerprint density at radius 1 is 0.722 bits per heavy atom. The van der Waals surface area contributed by atoms with Gasteiger partial charge in [-0.15, -0.1) is 0 Å². The topological polar surface area (TPSA) is 3.24 Å². The van der Waals surface area contributed by atoms with Crippen molar-refractivity contribution in [3.05, 3.63) is 65.2 Å². The highest BCUT2D eigenvalue weighted by atomic mass is 15.1. The first kappa shape index (κ1) is 12.4. The number of hydrogen-bond donors (Lipinski definition) is 0. The lowest BCUT2D eigenvalue weighted by atomic mass is 10.1. The molecule has 0 atom stereocenters. The Bertz CT molecular complexity index is 519. The summed E-state index contributed by atoms with van der Waals surface area (Å²) in [5, 5.41) is 0. The summed E-state index contributed by atoms with van der Waals surface area (Å²) in [6, 6.07) is 17.1. The Balaban J connectivity index is 2.11. The summed E-state index contributed by atoms with van der Waals surface area (Å²) < 4.78 is 0. The van der Waals surface area contributed by atoms with E-state index in [4.69, 9.17) is 0 Å². The van der Waals surface area contributed by atoms with Crippen LogP contribution in [0.2, 0.25) is 0 Å². The van der Waals surface area contributed by atoms with Gasteiger partial charge in [-0.2, -0.15) is 0 Å². The van der Waals surface area contributed by atoms with Crippen molar-refractivity contribution in [2.45, 2.75) is 6.92 Å².